The summed E-state index contributed by atoms with van der Waals surface area (Å²) >= 11 is 0. The Kier molecular flexibility index (Phi) is 5.70. The summed E-state index contributed by atoms with van der Waals surface area (Å²) < 4.78 is 0. The highest BCUT2D eigenvalue weighted by atomic mass is 16.2. The van der Waals surface area contributed by atoms with Gasteiger partial charge in [0, 0.05) is 25.6 Å². The van der Waals surface area contributed by atoms with Crippen LogP contribution in [0.5, 0.6) is 0 Å². The summed E-state index contributed by atoms with van der Waals surface area (Å²) in [5, 5.41) is 0. The number of nitrogens with zero attached hydrogens (tertiary/aromatic N) is 1. The summed E-state index contributed by atoms with van der Waals surface area (Å²) in [7, 11) is 0. The molecule has 1 unspecified atom stereocenters. The molecule has 0 spiro atoms. The van der Waals surface area contributed by atoms with Crippen molar-refractivity contribution >= 4 is 5.91 Å². The molecule has 0 saturated heterocycles. The summed E-state index contributed by atoms with van der Waals surface area (Å²) in [5.41, 5.74) is 7.06. The Morgan fingerprint density at radius 1 is 1.29 bits per heavy atom. The van der Waals surface area contributed by atoms with E-state index < -0.39 is 0 Å². The summed E-state index contributed by atoms with van der Waals surface area (Å²) in [6.07, 6.45) is 1.37. The van der Waals surface area contributed by atoms with Crippen molar-refractivity contribution in [2.45, 2.75) is 32.7 Å². The summed E-state index contributed by atoms with van der Waals surface area (Å²) in [5.74, 6) is 0.144. The molecule has 0 aliphatic heterocycles. The van der Waals surface area contributed by atoms with Gasteiger partial charge in [0.2, 0.25) is 5.91 Å². The molecule has 1 atom stereocenters. The zero-order valence-corrected chi connectivity index (χ0v) is 10.7. The van der Waals surface area contributed by atoms with Gasteiger partial charge in [-0.2, -0.15) is 0 Å². The van der Waals surface area contributed by atoms with Gasteiger partial charge in [0.25, 0.3) is 0 Å². The maximum absolute atomic E-state index is 12.0. The van der Waals surface area contributed by atoms with E-state index in [1.165, 1.54) is 0 Å². The van der Waals surface area contributed by atoms with Gasteiger partial charge in [-0.3, -0.25) is 4.79 Å². The van der Waals surface area contributed by atoms with Gasteiger partial charge in [0.15, 0.2) is 0 Å². The fourth-order valence-electron chi connectivity index (χ4n) is 1.86. The van der Waals surface area contributed by atoms with Gasteiger partial charge in [0.05, 0.1) is 0 Å². The minimum Gasteiger partial charge on any atom is -0.343 e. The number of rotatable bonds is 6. The predicted octanol–water partition coefficient (Wildman–Crippen LogP) is 2.34. The Morgan fingerprint density at radius 3 is 2.47 bits per heavy atom. The first-order valence-electron chi connectivity index (χ1n) is 6.27. The molecule has 0 fully saturated rings. The molecule has 0 aliphatic carbocycles. The fraction of sp³-hybridized carbons (Fsp3) is 0.500. The second-order valence-electron chi connectivity index (χ2n) is 4.19. The average molecular weight is 234 g/mol. The molecule has 17 heavy (non-hydrogen) atoms. The topological polar surface area (TPSA) is 46.3 Å². The fourth-order valence-corrected chi connectivity index (χ4v) is 1.86. The molecule has 3 heteroatoms. The molecule has 2 N–H and O–H groups in total. The third-order valence-corrected chi connectivity index (χ3v) is 2.85. The van der Waals surface area contributed by atoms with E-state index >= 15 is 0 Å². The van der Waals surface area contributed by atoms with Crippen LogP contribution in [0.4, 0.5) is 0 Å². The van der Waals surface area contributed by atoms with Crippen molar-refractivity contribution in [3.05, 3.63) is 35.9 Å². The molecular weight excluding hydrogens is 212 g/mol. The molecule has 1 amide bonds. The highest BCUT2D eigenvalue weighted by molar-refractivity contribution is 5.77. The van der Waals surface area contributed by atoms with Crippen LogP contribution < -0.4 is 5.73 Å². The number of benzene rings is 1. The van der Waals surface area contributed by atoms with E-state index in [0.717, 1.165) is 25.1 Å². The van der Waals surface area contributed by atoms with Gasteiger partial charge in [-0.1, -0.05) is 37.3 Å². The van der Waals surface area contributed by atoms with E-state index in [2.05, 4.69) is 6.92 Å². The van der Waals surface area contributed by atoms with Crippen LogP contribution >= 0.6 is 0 Å². The molecule has 0 aliphatic rings. The normalized spacial score (nSPS) is 12.2. The van der Waals surface area contributed by atoms with Gasteiger partial charge in [-0.15, -0.1) is 0 Å². The molecule has 94 valence electrons. The number of carbonyl (C=O) groups excluding carboxylic acids is 1. The molecule has 1 aromatic rings. The highest BCUT2D eigenvalue weighted by Crippen LogP contribution is 2.14. The lowest BCUT2D eigenvalue weighted by molar-refractivity contribution is -0.131. The zero-order chi connectivity index (χ0) is 12.7. The van der Waals surface area contributed by atoms with Crippen molar-refractivity contribution < 1.29 is 4.79 Å². The number of hydrogen-bond donors (Lipinski definition) is 1. The molecule has 0 bridgehead atoms. The van der Waals surface area contributed by atoms with Crippen LogP contribution in [0.1, 0.15) is 38.3 Å². The van der Waals surface area contributed by atoms with Crippen molar-refractivity contribution in [1.82, 2.24) is 4.90 Å². The lowest BCUT2D eigenvalue weighted by Crippen LogP contribution is -2.33. The molecule has 0 radical (unpaired) electrons. The second kappa shape index (κ2) is 7.07. The number of amides is 1. The molecule has 0 heterocycles. The van der Waals surface area contributed by atoms with E-state index in [1.807, 2.05) is 42.2 Å². The van der Waals surface area contributed by atoms with Crippen LogP contribution in [0.25, 0.3) is 0 Å². The van der Waals surface area contributed by atoms with E-state index in [0.29, 0.717) is 6.42 Å². The Balaban J connectivity index is 2.56. The maximum Gasteiger partial charge on any atom is 0.224 e. The van der Waals surface area contributed by atoms with Crippen LogP contribution in [0.3, 0.4) is 0 Å². The quantitative estimate of drug-likeness (QED) is 0.821. The average Bonchev–Trinajstić information content (AvgIpc) is 2.36. The number of nitrogens with two attached hydrogens (primary N) is 1. The number of hydrogen-bond acceptors (Lipinski definition) is 2. The van der Waals surface area contributed by atoms with E-state index in [4.69, 9.17) is 5.73 Å². The molecule has 1 aromatic carbocycles. The lowest BCUT2D eigenvalue weighted by Gasteiger charge is -2.22. The Morgan fingerprint density at radius 2 is 1.94 bits per heavy atom. The van der Waals surface area contributed by atoms with Crippen molar-refractivity contribution in [2.75, 3.05) is 13.1 Å². The third kappa shape index (κ3) is 4.19. The first-order chi connectivity index (χ1) is 8.19. The van der Waals surface area contributed by atoms with Gasteiger partial charge in [-0.05, 0) is 18.9 Å². The first-order valence-corrected chi connectivity index (χ1v) is 6.27. The standard InChI is InChI=1S/C14H22N2O/c1-3-10-16(4-2)14(17)11-13(15)12-8-6-5-7-9-12/h5-9,13H,3-4,10-11,15H2,1-2H3. The van der Waals surface area contributed by atoms with Gasteiger partial charge in [0.1, 0.15) is 0 Å². The summed E-state index contributed by atoms with van der Waals surface area (Å²) in [6, 6.07) is 9.58. The molecular formula is C14H22N2O. The summed E-state index contributed by atoms with van der Waals surface area (Å²) in [6.45, 7) is 5.65. The van der Waals surface area contributed by atoms with Crippen LogP contribution in [0, 0.1) is 0 Å². The lowest BCUT2D eigenvalue weighted by atomic mass is 10.0. The monoisotopic (exact) mass is 234 g/mol. The molecule has 0 saturated carbocycles. The van der Waals surface area contributed by atoms with Gasteiger partial charge < -0.3 is 10.6 Å². The van der Waals surface area contributed by atoms with Gasteiger partial charge >= 0.3 is 0 Å². The summed E-state index contributed by atoms with van der Waals surface area (Å²) in [4.78, 5) is 13.9. The van der Waals surface area contributed by atoms with Crippen molar-refractivity contribution in [1.29, 1.82) is 0 Å². The minimum atomic E-state index is -0.199. The van der Waals surface area contributed by atoms with E-state index in [1.54, 1.807) is 0 Å². The third-order valence-electron chi connectivity index (χ3n) is 2.85. The predicted molar refractivity (Wildman–Crippen MR) is 70.5 cm³/mol. The first kappa shape index (κ1) is 13.7. The van der Waals surface area contributed by atoms with Crippen molar-refractivity contribution in [3.8, 4) is 0 Å². The minimum absolute atomic E-state index is 0.144. The largest absolute Gasteiger partial charge is 0.343 e. The van der Waals surface area contributed by atoms with E-state index in [-0.39, 0.29) is 11.9 Å². The Labute approximate surface area is 104 Å². The van der Waals surface area contributed by atoms with E-state index in [9.17, 15) is 4.79 Å². The maximum atomic E-state index is 12.0. The second-order valence-corrected chi connectivity index (χ2v) is 4.19. The molecule has 1 rings (SSSR count). The van der Waals surface area contributed by atoms with Crippen molar-refractivity contribution in [2.24, 2.45) is 5.73 Å². The van der Waals surface area contributed by atoms with Crippen molar-refractivity contribution in [3.63, 3.8) is 0 Å². The van der Waals surface area contributed by atoms with Crippen LogP contribution in [-0.4, -0.2) is 23.9 Å². The highest BCUT2D eigenvalue weighted by Gasteiger charge is 2.15. The number of carbonyl (C=O) groups is 1. The van der Waals surface area contributed by atoms with Gasteiger partial charge in [-0.25, -0.2) is 0 Å². The molecule has 3 nitrogen and oxygen atoms in total. The molecule has 0 aromatic heterocycles. The van der Waals surface area contributed by atoms with Crippen LogP contribution in [0.2, 0.25) is 0 Å². The van der Waals surface area contributed by atoms with Crippen LogP contribution in [-0.2, 0) is 4.79 Å². The Bertz CT molecular complexity index is 337. The smallest absolute Gasteiger partial charge is 0.224 e. The zero-order valence-electron chi connectivity index (χ0n) is 10.7. The SMILES string of the molecule is CCCN(CC)C(=O)CC(N)c1ccccc1. The Hall–Kier alpha value is -1.35. The van der Waals surface area contributed by atoms with Crippen LogP contribution in [0.15, 0.2) is 30.3 Å².